The van der Waals surface area contributed by atoms with Gasteiger partial charge in [-0.15, -0.1) is 17.0 Å². The van der Waals surface area contributed by atoms with Gasteiger partial charge in [-0.3, -0.25) is 0 Å². The van der Waals surface area contributed by atoms with Gasteiger partial charge in [0.25, 0.3) is 0 Å². The van der Waals surface area contributed by atoms with Crippen molar-refractivity contribution in [2.24, 2.45) is 0 Å². The molecule has 24 heavy (non-hydrogen) atoms. The quantitative estimate of drug-likeness (QED) is 0.267. The molecular weight excluding hydrogens is 413 g/mol. The number of hydrogen-bond acceptors (Lipinski definition) is 0. The molecule has 0 amide bonds. The predicted molar refractivity (Wildman–Crippen MR) is 97.2 cm³/mol. The van der Waals surface area contributed by atoms with Crippen molar-refractivity contribution < 1.29 is 26.4 Å². The van der Waals surface area contributed by atoms with E-state index in [0.717, 1.165) is 0 Å². The summed E-state index contributed by atoms with van der Waals surface area (Å²) < 4.78 is 15.0. The summed E-state index contributed by atoms with van der Waals surface area (Å²) in [7, 11) is 0. The smallest absolute Gasteiger partial charge is 0 e. The summed E-state index contributed by atoms with van der Waals surface area (Å²) in [6.45, 7) is 45.4. The minimum absolute atomic E-state index is 0. The Morgan fingerprint density at radius 1 is 0.500 bits per heavy atom. The molecule has 5 nitrogen and oxygen atoms in total. The third-order valence-corrected chi connectivity index (χ3v) is 1.01. The third kappa shape index (κ3) is 132. The molecule has 0 aromatic rings. The van der Waals surface area contributed by atoms with Crippen molar-refractivity contribution in [1.29, 1.82) is 0 Å². The minimum Gasteiger partial charge on any atom is 0 e. The summed E-state index contributed by atoms with van der Waals surface area (Å²) >= 11 is 0. The van der Waals surface area contributed by atoms with Crippen LogP contribution >= 0.6 is 17.0 Å². The van der Waals surface area contributed by atoms with Crippen molar-refractivity contribution in [2.45, 2.75) is 78.9 Å². The van der Waals surface area contributed by atoms with Gasteiger partial charge in [0.15, 0.2) is 0 Å². The van der Waals surface area contributed by atoms with Gasteiger partial charge in [0, 0.05) is 79.4 Å². The van der Waals surface area contributed by atoms with Gasteiger partial charge in [-0.2, -0.15) is 0 Å². The second-order valence-electron chi connectivity index (χ2n) is 6.85. The molecule has 7 heteroatoms. The van der Waals surface area contributed by atoms with Gasteiger partial charge in [-0.05, 0) is 0 Å². The molecule has 0 fully saturated rings. The number of rotatable bonds is 0. The van der Waals surface area contributed by atoms with E-state index in [0.29, 0.717) is 0 Å². The van der Waals surface area contributed by atoms with Crippen LogP contribution in [0.4, 0.5) is 0 Å². The topological polar surface area (TPSA) is 52.9 Å². The molecule has 0 aliphatic carbocycles. The maximum atomic E-state index is 7.50. The van der Waals surface area contributed by atoms with E-state index in [1.165, 1.54) is 0 Å². The Labute approximate surface area is 169 Å². The Bertz CT molecular complexity index is 357. The SMILES string of the molecule is Br.[C-]#[N+]C(C)(C)C.[C-]#[N+]C(C)(C)C.[C-]#[N+]C(C)(C)C.[C-]#[O+].[C-]#[O+].[Mn]. The van der Waals surface area contributed by atoms with Gasteiger partial charge in [-0.1, -0.05) is 0 Å². The first kappa shape index (κ1) is 43.5. The van der Waals surface area contributed by atoms with E-state index < -0.39 is 0 Å². The van der Waals surface area contributed by atoms with Crippen LogP contribution in [0.5, 0.6) is 0 Å². The molecule has 1 radical (unpaired) electrons. The Kier molecular flexibility index (Phi) is 43.8. The summed E-state index contributed by atoms with van der Waals surface area (Å²) in [5, 5.41) is 0. The van der Waals surface area contributed by atoms with Crippen LogP contribution in [0.1, 0.15) is 62.3 Å². The Balaban J connectivity index is -0.0000000314. The normalized spacial score (nSPS) is 7.92. The predicted octanol–water partition coefficient (Wildman–Crippen LogP) is 5.61. The Morgan fingerprint density at radius 2 is 0.542 bits per heavy atom. The molecule has 0 aromatic carbocycles. The van der Waals surface area contributed by atoms with Gasteiger partial charge in [0.2, 0.25) is 16.6 Å². The van der Waals surface area contributed by atoms with Crippen LogP contribution in [0.15, 0.2) is 0 Å². The molecular formula is C17H28BrMnN3O2. The van der Waals surface area contributed by atoms with E-state index in [1.807, 2.05) is 62.3 Å². The number of nitrogens with zero attached hydrogens (tertiary/aromatic N) is 3. The summed E-state index contributed by atoms with van der Waals surface area (Å²) in [5.41, 5.74) is -0.500. The summed E-state index contributed by atoms with van der Waals surface area (Å²) in [6, 6.07) is 0. The van der Waals surface area contributed by atoms with Gasteiger partial charge in [-0.25, -0.2) is 19.7 Å². The van der Waals surface area contributed by atoms with E-state index in [-0.39, 0.29) is 50.7 Å². The second kappa shape index (κ2) is 24.2. The third-order valence-electron chi connectivity index (χ3n) is 1.01. The molecule has 0 aliphatic rings. The van der Waals surface area contributed by atoms with E-state index >= 15 is 0 Å². The molecule has 0 heterocycles. The molecule has 0 spiro atoms. The van der Waals surface area contributed by atoms with Crippen LogP contribution < -0.4 is 0 Å². The number of hydrogen-bond donors (Lipinski definition) is 0. The van der Waals surface area contributed by atoms with E-state index in [4.69, 9.17) is 29.0 Å². The van der Waals surface area contributed by atoms with Crippen LogP contribution in [-0.2, 0) is 26.4 Å². The monoisotopic (exact) mass is 440 g/mol. The molecule has 0 saturated heterocycles. The number of halogens is 1. The van der Waals surface area contributed by atoms with Gasteiger partial charge < -0.3 is 14.5 Å². The van der Waals surface area contributed by atoms with Crippen molar-refractivity contribution >= 4 is 17.0 Å². The molecule has 0 aliphatic heterocycles. The largest absolute Gasteiger partial charge is 0 e. The van der Waals surface area contributed by atoms with Gasteiger partial charge in [0.1, 0.15) is 0 Å². The van der Waals surface area contributed by atoms with Crippen molar-refractivity contribution in [3.8, 4) is 0 Å². The van der Waals surface area contributed by atoms with E-state index in [9.17, 15) is 0 Å². The van der Waals surface area contributed by atoms with Gasteiger partial charge in [0.05, 0.1) is 0 Å². The van der Waals surface area contributed by atoms with Crippen molar-refractivity contribution in [3.63, 3.8) is 0 Å². The van der Waals surface area contributed by atoms with E-state index in [1.54, 1.807) is 0 Å². The first-order chi connectivity index (χ1) is 9.68. The first-order valence-corrected chi connectivity index (χ1v) is 6.25. The van der Waals surface area contributed by atoms with Crippen molar-refractivity contribution in [2.75, 3.05) is 0 Å². The minimum atomic E-state index is -0.167. The summed E-state index contributed by atoms with van der Waals surface area (Å²) in [6.07, 6.45) is 0. The zero-order valence-corrected chi connectivity index (χ0v) is 18.8. The molecule has 0 unspecified atom stereocenters. The van der Waals surface area contributed by atoms with Crippen LogP contribution in [-0.4, -0.2) is 16.6 Å². The van der Waals surface area contributed by atoms with Crippen LogP contribution in [0.25, 0.3) is 14.5 Å². The molecule has 0 bridgehead atoms. The average molecular weight is 441 g/mol. The van der Waals surface area contributed by atoms with Crippen LogP contribution in [0.2, 0.25) is 0 Å². The zero-order chi connectivity index (χ0) is 19.6. The van der Waals surface area contributed by atoms with Crippen molar-refractivity contribution in [1.82, 2.24) is 0 Å². The van der Waals surface area contributed by atoms with Crippen LogP contribution in [0, 0.1) is 33.0 Å². The van der Waals surface area contributed by atoms with E-state index in [2.05, 4.69) is 27.8 Å². The fourth-order valence-electron chi connectivity index (χ4n) is 0. The summed E-state index contributed by atoms with van der Waals surface area (Å²) in [4.78, 5) is 9.81. The fourth-order valence-corrected chi connectivity index (χ4v) is 0. The molecule has 0 atom stereocenters. The molecule has 0 aromatic heterocycles. The fraction of sp³-hybridized carbons (Fsp3) is 0.706. The van der Waals surface area contributed by atoms with Gasteiger partial charge >= 0.3 is 22.6 Å². The maximum Gasteiger partial charge on any atom is 0 e. The van der Waals surface area contributed by atoms with Crippen molar-refractivity contribution in [3.05, 3.63) is 47.6 Å². The zero-order valence-electron chi connectivity index (χ0n) is 15.9. The Hall–Kier alpha value is -1.05. The molecule has 137 valence electrons. The molecule has 0 N–H and O–H groups in total. The first-order valence-electron chi connectivity index (χ1n) is 6.25. The average Bonchev–Trinajstić information content (AvgIpc) is 2.42. The Morgan fingerprint density at radius 3 is 0.542 bits per heavy atom. The van der Waals surface area contributed by atoms with Crippen LogP contribution in [0.3, 0.4) is 0 Å². The molecule has 0 rings (SSSR count). The standard InChI is InChI=1S/3C5H9N.2CO.BrH.Mn/c3*1-5(2,3)6-4;2*1-2;;/h3*1-3H3;;;1H;. The second-order valence-corrected chi connectivity index (χ2v) is 6.85. The molecule has 0 saturated carbocycles. The summed E-state index contributed by atoms with van der Waals surface area (Å²) in [5.74, 6) is 0. The maximum absolute atomic E-state index is 7.50.